The van der Waals surface area contributed by atoms with E-state index < -0.39 is 14.6 Å². The first kappa shape index (κ1) is 13.1. The molecule has 0 unspecified atom stereocenters. The first-order valence-corrected chi connectivity index (χ1v) is 7.58. The fourth-order valence-electron chi connectivity index (χ4n) is 2.18. The highest BCUT2D eigenvalue weighted by Gasteiger charge is 2.48. The molecule has 0 spiro atoms. The molecule has 1 N–H and O–H groups in total. The summed E-state index contributed by atoms with van der Waals surface area (Å²) in [6.07, 6.45) is 0.480. The van der Waals surface area contributed by atoms with Crippen LogP contribution in [-0.2, 0) is 9.84 Å². The topological polar surface area (TPSA) is 63.2 Å². The summed E-state index contributed by atoms with van der Waals surface area (Å²) in [4.78, 5) is 12.0. The number of amides is 1. The molecule has 18 heavy (non-hydrogen) atoms. The Morgan fingerprint density at radius 1 is 1.33 bits per heavy atom. The minimum Gasteiger partial charge on any atom is -0.348 e. The summed E-state index contributed by atoms with van der Waals surface area (Å²) >= 11 is 0. The summed E-state index contributed by atoms with van der Waals surface area (Å²) in [5, 5.41) is 2.82. The van der Waals surface area contributed by atoms with Crippen LogP contribution in [0, 0.1) is 0 Å². The highest BCUT2D eigenvalue weighted by Crippen LogP contribution is 2.31. The molecular weight excluding hydrogens is 250 g/mol. The molecular formula is C13H19NO3S. The lowest BCUT2D eigenvalue weighted by Gasteiger charge is -2.26. The molecule has 1 aliphatic heterocycles. The van der Waals surface area contributed by atoms with Gasteiger partial charge in [-0.2, -0.15) is 0 Å². The number of carbonyl (C=O) groups is 1. The maximum absolute atomic E-state index is 12.0. The largest absolute Gasteiger partial charge is 0.348 e. The zero-order valence-corrected chi connectivity index (χ0v) is 11.3. The van der Waals surface area contributed by atoms with Gasteiger partial charge in [0.25, 0.3) is 5.91 Å². The van der Waals surface area contributed by atoms with E-state index in [0.717, 1.165) is 0 Å². The Bertz CT molecular complexity index is 555. The van der Waals surface area contributed by atoms with Crippen LogP contribution in [0.15, 0.2) is 30.3 Å². The van der Waals surface area contributed by atoms with Crippen LogP contribution in [0.5, 0.6) is 0 Å². The Balaban J connectivity index is 0.00000180. The van der Waals surface area contributed by atoms with E-state index in [9.17, 15) is 13.2 Å². The normalized spacial score (nSPS) is 24.7. The molecule has 1 fully saturated rings. The quantitative estimate of drug-likeness (QED) is 0.887. The second-order valence-corrected chi connectivity index (χ2v) is 7.79. The Hall–Kier alpha value is -1.36. The van der Waals surface area contributed by atoms with E-state index in [0.29, 0.717) is 12.0 Å². The molecule has 2 rings (SSSR count). The summed E-state index contributed by atoms with van der Waals surface area (Å²) in [6.45, 7) is 3.34. The predicted molar refractivity (Wildman–Crippen MR) is 72.3 cm³/mol. The van der Waals surface area contributed by atoms with Crippen molar-refractivity contribution in [3.63, 3.8) is 0 Å². The fraction of sp³-hybridized carbons (Fsp3) is 0.462. The maximum Gasteiger partial charge on any atom is 0.251 e. The van der Waals surface area contributed by atoms with Crippen molar-refractivity contribution in [2.45, 2.75) is 31.1 Å². The van der Waals surface area contributed by atoms with Crippen molar-refractivity contribution in [1.29, 1.82) is 0 Å². The van der Waals surface area contributed by atoms with Crippen molar-refractivity contribution >= 4 is 15.7 Å². The summed E-state index contributed by atoms with van der Waals surface area (Å²) in [5.41, 5.74) is 0.553. The van der Waals surface area contributed by atoms with Gasteiger partial charge >= 0.3 is 0 Å². The van der Waals surface area contributed by atoms with Crippen LogP contribution in [0.1, 0.15) is 32.1 Å². The third-order valence-corrected chi connectivity index (χ3v) is 6.32. The third-order valence-electron chi connectivity index (χ3n) is 3.66. The standard InChI is InChI=1S/C13H17NO3S.H2/c1-13(2)11(8-9-18(13,16)17)14-12(15)10-6-4-3-5-7-10;/h3-7,11H,8-9H2,1-2H3,(H,14,15);1H/t11-;/m1./s1. The van der Waals surface area contributed by atoms with Gasteiger partial charge in [0.1, 0.15) is 0 Å². The lowest BCUT2D eigenvalue weighted by molar-refractivity contribution is 0.0931. The van der Waals surface area contributed by atoms with Gasteiger partial charge in [0, 0.05) is 13.0 Å². The predicted octanol–water partition coefficient (Wildman–Crippen LogP) is 1.63. The zero-order valence-electron chi connectivity index (χ0n) is 10.5. The van der Waals surface area contributed by atoms with Gasteiger partial charge in [-0.3, -0.25) is 4.79 Å². The number of sulfone groups is 1. The van der Waals surface area contributed by atoms with Gasteiger partial charge in [0.15, 0.2) is 9.84 Å². The van der Waals surface area contributed by atoms with Crippen molar-refractivity contribution in [3.8, 4) is 0 Å². The van der Waals surface area contributed by atoms with E-state index in [4.69, 9.17) is 0 Å². The lowest BCUT2D eigenvalue weighted by atomic mass is 10.0. The maximum atomic E-state index is 12.0. The number of benzene rings is 1. The molecule has 100 valence electrons. The highest BCUT2D eigenvalue weighted by molar-refractivity contribution is 7.93. The number of hydrogen-bond donors (Lipinski definition) is 1. The fourth-order valence-corrected chi connectivity index (χ4v) is 3.86. The van der Waals surface area contributed by atoms with Crippen molar-refractivity contribution in [2.24, 2.45) is 0 Å². The van der Waals surface area contributed by atoms with Crippen LogP contribution in [-0.4, -0.2) is 30.9 Å². The molecule has 1 aliphatic rings. The number of carbonyl (C=O) groups excluding carboxylic acids is 1. The Morgan fingerprint density at radius 3 is 2.44 bits per heavy atom. The van der Waals surface area contributed by atoms with E-state index >= 15 is 0 Å². The average molecular weight is 269 g/mol. The van der Waals surface area contributed by atoms with Gasteiger partial charge in [-0.25, -0.2) is 8.42 Å². The van der Waals surface area contributed by atoms with Gasteiger partial charge in [0.2, 0.25) is 0 Å². The Kier molecular flexibility index (Phi) is 3.19. The smallest absolute Gasteiger partial charge is 0.251 e. The molecule has 0 radical (unpaired) electrons. The molecule has 1 saturated heterocycles. The molecule has 4 nitrogen and oxygen atoms in total. The molecule has 0 saturated carbocycles. The van der Waals surface area contributed by atoms with Crippen molar-refractivity contribution in [3.05, 3.63) is 35.9 Å². The van der Waals surface area contributed by atoms with Gasteiger partial charge in [-0.15, -0.1) is 0 Å². The van der Waals surface area contributed by atoms with Gasteiger partial charge in [-0.1, -0.05) is 18.2 Å². The number of rotatable bonds is 2. The minimum atomic E-state index is -3.12. The van der Waals surface area contributed by atoms with Crippen LogP contribution in [0.3, 0.4) is 0 Å². The Labute approximate surface area is 109 Å². The van der Waals surface area contributed by atoms with E-state index in [2.05, 4.69) is 5.32 Å². The molecule has 0 aromatic heterocycles. The molecule has 1 aromatic rings. The van der Waals surface area contributed by atoms with Crippen LogP contribution in [0.25, 0.3) is 0 Å². The summed E-state index contributed by atoms with van der Waals surface area (Å²) in [5.74, 6) is -0.0782. The SMILES string of the molecule is CC1(C)[C@H](NC(=O)c2ccccc2)CCS1(=O)=O.[HH]. The molecule has 0 aliphatic carbocycles. The van der Waals surface area contributed by atoms with Crippen molar-refractivity contribution < 1.29 is 14.6 Å². The average Bonchev–Trinajstić information content (AvgIpc) is 2.53. The third kappa shape index (κ3) is 2.14. The molecule has 0 bridgehead atoms. The Morgan fingerprint density at radius 2 is 1.94 bits per heavy atom. The van der Waals surface area contributed by atoms with Crippen LogP contribution >= 0.6 is 0 Å². The number of nitrogens with one attached hydrogen (secondary N) is 1. The first-order chi connectivity index (χ1) is 8.34. The first-order valence-electron chi connectivity index (χ1n) is 5.93. The van der Waals surface area contributed by atoms with Crippen molar-refractivity contribution in [1.82, 2.24) is 5.32 Å². The second-order valence-electron chi connectivity index (χ2n) is 5.10. The summed E-state index contributed by atoms with van der Waals surface area (Å²) in [7, 11) is -3.12. The van der Waals surface area contributed by atoms with Crippen molar-refractivity contribution in [2.75, 3.05) is 5.75 Å². The van der Waals surface area contributed by atoms with E-state index in [-0.39, 0.29) is 19.1 Å². The number of hydrogen-bond acceptors (Lipinski definition) is 3. The van der Waals surface area contributed by atoms with E-state index in [1.807, 2.05) is 6.07 Å². The molecule has 1 aromatic carbocycles. The second kappa shape index (κ2) is 4.39. The monoisotopic (exact) mass is 269 g/mol. The highest BCUT2D eigenvalue weighted by atomic mass is 32.2. The minimum absolute atomic E-state index is 0. The van der Waals surface area contributed by atoms with E-state index in [1.54, 1.807) is 38.1 Å². The molecule has 5 heteroatoms. The van der Waals surface area contributed by atoms with Crippen LogP contribution < -0.4 is 5.32 Å². The molecule has 1 amide bonds. The van der Waals surface area contributed by atoms with Gasteiger partial charge in [0.05, 0.1) is 10.5 Å². The lowest BCUT2D eigenvalue weighted by Crippen LogP contribution is -2.48. The summed E-state index contributed by atoms with van der Waals surface area (Å²) in [6, 6.07) is 8.50. The van der Waals surface area contributed by atoms with E-state index in [1.165, 1.54) is 0 Å². The summed E-state index contributed by atoms with van der Waals surface area (Å²) < 4.78 is 22.8. The molecule has 1 heterocycles. The van der Waals surface area contributed by atoms with Crippen LogP contribution in [0.4, 0.5) is 0 Å². The van der Waals surface area contributed by atoms with Gasteiger partial charge < -0.3 is 5.32 Å². The van der Waals surface area contributed by atoms with Gasteiger partial charge in [-0.05, 0) is 32.4 Å². The molecule has 1 atom stereocenters. The zero-order chi connectivity index (χ0) is 13.4. The van der Waals surface area contributed by atoms with Crippen LogP contribution in [0.2, 0.25) is 0 Å².